The van der Waals surface area contributed by atoms with E-state index in [4.69, 9.17) is 10.7 Å². The van der Waals surface area contributed by atoms with Gasteiger partial charge in [-0.1, -0.05) is 84.9 Å². The number of carbonyl (C=O) groups is 1. The molecule has 0 atom stereocenters. The maximum Gasteiger partial charge on any atom is 0.319 e. The lowest BCUT2D eigenvalue weighted by molar-refractivity contribution is 0.245. The van der Waals surface area contributed by atoms with E-state index in [1.165, 1.54) is 47.8 Å². The Kier molecular flexibility index (Phi) is 8.61. The van der Waals surface area contributed by atoms with Crippen LogP contribution in [0.3, 0.4) is 0 Å². The van der Waals surface area contributed by atoms with Gasteiger partial charge in [-0.05, 0) is 66.3 Å². The molecule has 0 bridgehead atoms. The number of hydrogen-bond donors (Lipinski definition) is 1. The van der Waals surface area contributed by atoms with Crippen LogP contribution in [0.2, 0.25) is 0 Å². The summed E-state index contributed by atoms with van der Waals surface area (Å²) in [6.45, 7) is 11.6. The van der Waals surface area contributed by atoms with Crippen molar-refractivity contribution in [2.24, 2.45) is 5.73 Å². The number of fused-ring (bicyclic) bond motifs is 1. The van der Waals surface area contributed by atoms with Crippen LogP contribution in [0.15, 0.2) is 42.7 Å². The topological polar surface area (TPSA) is 64.2 Å². The third-order valence-corrected chi connectivity index (χ3v) is 8.32. The lowest BCUT2D eigenvalue weighted by Gasteiger charge is -2.38. The zero-order valence-electron chi connectivity index (χ0n) is 23.6. The molecule has 1 aromatic carbocycles. The second-order valence-corrected chi connectivity index (χ2v) is 11.7. The van der Waals surface area contributed by atoms with Crippen molar-refractivity contribution in [1.29, 1.82) is 0 Å². The average Bonchev–Trinajstić information content (AvgIpc) is 3.50. The van der Waals surface area contributed by atoms with Gasteiger partial charge in [0.05, 0.1) is 17.8 Å². The van der Waals surface area contributed by atoms with Crippen molar-refractivity contribution in [3.05, 3.63) is 59.4 Å². The lowest BCUT2D eigenvalue weighted by atomic mass is 9.90. The number of nitrogens with zero attached hydrogens (tertiary/aromatic N) is 3. The number of urea groups is 1. The molecule has 0 saturated heterocycles. The minimum absolute atomic E-state index is 0.221. The molecule has 1 aliphatic rings. The second kappa shape index (κ2) is 11.7. The summed E-state index contributed by atoms with van der Waals surface area (Å²) in [5, 5.41) is 1.25. The first-order chi connectivity index (χ1) is 17.8. The Balaban J connectivity index is 1.81. The Morgan fingerprint density at radius 2 is 1.70 bits per heavy atom. The fourth-order valence-electron chi connectivity index (χ4n) is 6.32. The molecule has 2 aromatic heterocycles. The first kappa shape index (κ1) is 27.2. The molecule has 0 unspecified atom stereocenters. The van der Waals surface area contributed by atoms with Gasteiger partial charge in [0.15, 0.2) is 0 Å². The number of pyridine rings is 1. The van der Waals surface area contributed by atoms with Crippen LogP contribution in [0, 0.1) is 0 Å². The number of hydrogen-bond acceptors (Lipinski definition) is 2. The van der Waals surface area contributed by atoms with Gasteiger partial charge in [0.2, 0.25) is 0 Å². The molecule has 2 N–H and O–H groups in total. The van der Waals surface area contributed by atoms with Crippen LogP contribution in [0.25, 0.3) is 11.0 Å². The molecule has 0 aliphatic heterocycles. The van der Waals surface area contributed by atoms with Gasteiger partial charge >= 0.3 is 6.03 Å². The molecule has 0 radical (unpaired) electrons. The second-order valence-electron chi connectivity index (χ2n) is 11.7. The Morgan fingerprint density at radius 3 is 2.30 bits per heavy atom. The SMILES string of the molecule is CCCCCCc1cn(C2(CN(C(N)=O)c3c(C(C)C)cccc3C(C)C)CCCC2)c2ncccc12. The van der Waals surface area contributed by atoms with Crippen LogP contribution in [-0.2, 0) is 12.0 Å². The third-order valence-electron chi connectivity index (χ3n) is 8.32. The van der Waals surface area contributed by atoms with Gasteiger partial charge < -0.3 is 10.3 Å². The number of nitrogens with two attached hydrogens (primary N) is 1. The van der Waals surface area contributed by atoms with Crippen molar-refractivity contribution >= 4 is 22.8 Å². The van der Waals surface area contributed by atoms with E-state index in [1.807, 2.05) is 17.2 Å². The van der Waals surface area contributed by atoms with E-state index in [0.29, 0.717) is 18.4 Å². The van der Waals surface area contributed by atoms with Crippen LogP contribution in [0.1, 0.15) is 115 Å². The summed E-state index contributed by atoms with van der Waals surface area (Å²) in [5.74, 6) is 0.581. The Hall–Kier alpha value is -2.82. The molecule has 2 heterocycles. The highest BCUT2D eigenvalue weighted by Crippen LogP contribution is 2.43. The number of aryl methyl sites for hydroxylation is 1. The maximum atomic E-state index is 13.2. The van der Waals surface area contributed by atoms with E-state index >= 15 is 0 Å². The predicted molar refractivity (Wildman–Crippen MR) is 156 cm³/mol. The molecule has 1 saturated carbocycles. The van der Waals surface area contributed by atoms with E-state index in [2.05, 4.69) is 69.6 Å². The molecule has 4 rings (SSSR count). The van der Waals surface area contributed by atoms with Gasteiger partial charge in [-0.2, -0.15) is 0 Å². The van der Waals surface area contributed by atoms with Gasteiger partial charge in [0.25, 0.3) is 0 Å². The summed E-state index contributed by atoms with van der Waals surface area (Å²) in [5.41, 5.74) is 11.8. The molecule has 1 fully saturated rings. The quantitative estimate of drug-likeness (QED) is 0.268. The van der Waals surface area contributed by atoms with E-state index in [1.54, 1.807) is 0 Å². The number of rotatable bonds is 11. The van der Waals surface area contributed by atoms with Crippen LogP contribution < -0.4 is 10.6 Å². The molecule has 0 spiro atoms. The predicted octanol–water partition coefficient (Wildman–Crippen LogP) is 8.26. The minimum Gasteiger partial charge on any atom is -0.351 e. The van der Waals surface area contributed by atoms with Gasteiger partial charge in [-0.15, -0.1) is 0 Å². The summed E-state index contributed by atoms with van der Waals surface area (Å²) in [7, 11) is 0. The summed E-state index contributed by atoms with van der Waals surface area (Å²) in [6.07, 6.45) is 14.6. The molecule has 5 heteroatoms. The van der Waals surface area contributed by atoms with Crippen LogP contribution >= 0.6 is 0 Å². The van der Waals surface area contributed by atoms with E-state index < -0.39 is 0 Å². The molecular formula is C32H46N4O. The average molecular weight is 503 g/mol. The van der Waals surface area contributed by atoms with Gasteiger partial charge in [0, 0.05) is 17.8 Å². The number of aromatic nitrogens is 2. The summed E-state index contributed by atoms with van der Waals surface area (Å²) >= 11 is 0. The molecule has 200 valence electrons. The fraction of sp³-hybridized carbons (Fsp3) is 0.562. The van der Waals surface area contributed by atoms with Crippen molar-refractivity contribution in [3.8, 4) is 0 Å². The highest BCUT2D eigenvalue weighted by atomic mass is 16.2. The first-order valence-corrected chi connectivity index (χ1v) is 14.4. The number of benzene rings is 1. The zero-order valence-corrected chi connectivity index (χ0v) is 23.6. The van der Waals surface area contributed by atoms with Crippen molar-refractivity contribution in [1.82, 2.24) is 9.55 Å². The van der Waals surface area contributed by atoms with Crippen molar-refractivity contribution in [2.75, 3.05) is 11.4 Å². The smallest absolute Gasteiger partial charge is 0.319 e. The van der Waals surface area contributed by atoms with Crippen LogP contribution in [0.5, 0.6) is 0 Å². The highest BCUT2D eigenvalue weighted by Gasteiger charge is 2.41. The Morgan fingerprint density at radius 1 is 1.03 bits per heavy atom. The third kappa shape index (κ3) is 5.56. The zero-order chi connectivity index (χ0) is 26.6. The number of para-hydroxylation sites is 1. The van der Waals surface area contributed by atoms with E-state index in [-0.39, 0.29) is 11.6 Å². The summed E-state index contributed by atoms with van der Waals surface area (Å²) < 4.78 is 2.42. The molecule has 2 amide bonds. The van der Waals surface area contributed by atoms with E-state index in [9.17, 15) is 4.79 Å². The van der Waals surface area contributed by atoms with Crippen molar-refractivity contribution in [3.63, 3.8) is 0 Å². The number of anilines is 1. The normalized spacial score (nSPS) is 15.2. The summed E-state index contributed by atoms with van der Waals surface area (Å²) in [4.78, 5) is 20.0. The first-order valence-electron chi connectivity index (χ1n) is 14.4. The van der Waals surface area contributed by atoms with Crippen LogP contribution in [-0.4, -0.2) is 22.1 Å². The van der Waals surface area contributed by atoms with Crippen molar-refractivity contribution < 1.29 is 4.79 Å². The molecular weight excluding hydrogens is 456 g/mol. The number of primary amides is 1. The van der Waals surface area contributed by atoms with Crippen LogP contribution in [0.4, 0.5) is 10.5 Å². The van der Waals surface area contributed by atoms with E-state index in [0.717, 1.165) is 43.4 Å². The van der Waals surface area contributed by atoms with Gasteiger partial charge in [-0.3, -0.25) is 4.90 Å². The number of amides is 2. The molecule has 37 heavy (non-hydrogen) atoms. The Bertz CT molecular complexity index is 1180. The Labute approximate surface area is 223 Å². The monoisotopic (exact) mass is 502 g/mol. The summed E-state index contributed by atoms with van der Waals surface area (Å²) in [6, 6.07) is 10.3. The minimum atomic E-state index is -0.370. The number of unbranched alkanes of at least 4 members (excludes halogenated alkanes) is 3. The highest BCUT2D eigenvalue weighted by molar-refractivity contribution is 5.93. The maximum absolute atomic E-state index is 13.2. The molecule has 3 aromatic rings. The fourth-order valence-corrected chi connectivity index (χ4v) is 6.32. The number of carbonyl (C=O) groups excluding carboxylic acids is 1. The largest absolute Gasteiger partial charge is 0.351 e. The van der Waals surface area contributed by atoms with Crippen molar-refractivity contribution in [2.45, 2.75) is 110 Å². The lowest BCUT2D eigenvalue weighted by Crippen LogP contribution is -2.48. The standard InChI is InChI=1S/C32H46N4O/c1-6-7-8-9-14-25-21-36(30-28(25)17-13-20-34-30)32(18-10-11-19-32)22-35(31(33)37)29-26(23(2)3)15-12-16-27(29)24(4)5/h12-13,15-17,20-21,23-24H,6-11,14,18-19,22H2,1-5H3,(H2,33,37). The van der Waals surface area contributed by atoms with Gasteiger partial charge in [0.1, 0.15) is 5.65 Å². The molecule has 1 aliphatic carbocycles. The van der Waals surface area contributed by atoms with Gasteiger partial charge in [-0.25, -0.2) is 9.78 Å². The molecule has 5 nitrogen and oxygen atoms in total.